The maximum Gasteiger partial charge on any atom is 0.308 e. The molecule has 2 fully saturated rings. The van der Waals surface area contributed by atoms with Crippen LogP contribution in [0.25, 0.3) is 0 Å². The molecule has 202 valence electrons. The zero-order chi connectivity index (χ0) is 26.4. The fraction of sp³-hybridized carbons (Fsp3) is 0.552. The minimum absolute atomic E-state index is 0.0534. The zero-order valence-corrected chi connectivity index (χ0v) is 23.1. The summed E-state index contributed by atoms with van der Waals surface area (Å²) < 4.78 is 33.1. The van der Waals surface area contributed by atoms with Crippen LogP contribution in [0.2, 0.25) is 0 Å². The molecular formula is C29H41N3O4S. The smallest absolute Gasteiger partial charge is 0.308 e. The molecule has 0 bridgehead atoms. The SMILES string of the molecule is COC(=O)C1CCN(CCC(CN(C)S(=O)(=O)c2ccccc2)c2ccccc2)C(N(C)C2CCC2)C1. The van der Waals surface area contributed by atoms with E-state index in [0.29, 0.717) is 17.5 Å². The van der Waals surface area contributed by atoms with E-state index in [0.717, 1.165) is 37.9 Å². The molecule has 3 atom stereocenters. The van der Waals surface area contributed by atoms with E-state index in [9.17, 15) is 13.2 Å². The first-order valence-electron chi connectivity index (χ1n) is 13.4. The lowest BCUT2D eigenvalue weighted by molar-refractivity contribution is -0.150. The maximum absolute atomic E-state index is 13.3. The summed E-state index contributed by atoms with van der Waals surface area (Å²) in [5.41, 5.74) is 1.14. The van der Waals surface area contributed by atoms with Gasteiger partial charge < -0.3 is 4.74 Å². The molecule has 1 aliphatic carbocycles. The highest BCUT2D eigenvalue weighted by Crippen LogP contribution is 2.33. The van der Waals surface area contributed by atoms with Gasteiger partial charge in [0.15, 0.2) is 0 Å². The Kier molecular flexibility index (Phi) is 9.40. The van der Waals surface area contributed by atoms with Gasteiger partial charge in [0.25, 0.3) is 0 Å². The number of likely N-dealkylation sites (N-methyl/N-ethyl adjacent to an activating group) is 1. The molecule has 8 heteroatoms. The second kappa shape index (κ2) is 12.5. The number of methoxy groups -OCH3 is 1. The lowest BCUT2D eigenvalue weighted by Gasteiger charge is -2.48. The second-order valence-electron chi connectivity index (χ2n) is 10.5. The van der Waals surface area contributed by atoms with Gasteiger partial charge >= 0.3 is 5.97 Å². The second-order valence-corrected chi connectivity index (χ2v) is 12.6. The highest BCUT2D eigenvalue weighted by Gasteiger charge is 2.38. The minimum Gasteiger partial charge on any atom is -0.469 e. The van der Waals surface area contributed by atoms with E-state index >= 15 is 0 Å². The Hall–Kier alpha value is -2.26. The molecule has 1 saturated carbocycles. The van der Waals surface area contributed by atoms with E-state index in [4.69, 9.17) is 4.74 Å². The Bertz CT molecular complexity index is 1110. The number of hydrogen-bond donors (Lipinski definition) is 0. The van der Waals surface area contributed by atoms with Gasteiger partial charge in [-0.15, -0.1) is 0 Å². The van der Waals surface area contributed by atoms with E-state index in [2.05, 4.69) is 29.0 Å². The average molecular weight is 528 g/mol. The molecule has 1 saturated heterocycles. The summed E-state index contributed by atoms with van der Waals surface area (Å²) in [5, 5.41) is 0. The predicted molar refractivity (Wildman–Crippen MR) is 146 cm³/mol. The Morgan fingerprint density at radius 3 is 2.27 bits per heavy atom. The van der Waals surface area contributed by atoms with Crippen LogP contribution in [0, 0.1) is 5.92 Å². The van der Waals surface area contributed by atoms with Crippen molar-refractivity contribution < 1.29 is 17.9 Å². The molecule has 37 heavy (non-hydrogen) atoms. The number of sulfonamides is 1. The quantitative estimate of drug-likeness (QED) is 0.409. The van der Waals surface area contributed by atoms with Gasteiger partial charge in [0.05, 0.1) is 24.1 Å². The third kappa shape index (κ3) is 6.60. The number of carbonyl (C=O) groups is 1. The van der Waals surface area contributed by atoms with Crippen molar-refractivity contribution in [2.24, 2.45) is 5.92 Å². The van der Waals surface area contributed by atoms with Crippen molar-refractivity contribution in [1.29, 1.82) is 0 Å². The summed E-state index contributed by atoms with van der Waals surface area (Å²) in [5.74, 6) is -0.125. The van der Waals surface area contributed by atoms with Crippen molar-refractivity contribution in [2.75, 3.05) is 40.8 Å². The van der Waals surface area contributed by atoms with Gasteiger partial charge in [0.2, 0.25) is 10.0 Å². The number of rotatable bonds is 11. The molecule has 4 rings (SSSR count). The maximum atomic E-state index is 13.3. The van der Waals surface area contributed by atoms with Gasteiger partial charge in [-0.25, -0.2) is 12.7 Å². The standard InChI is InChI=1S/C29H41N3O4S/c1-30(37(34,35)27-15-8-5-9-16-27)22-25(23-11-6-4-7-12-23)18-20-32-19-17-24(29(33)36-3)21-28(32)31(2)26-13-10-14-26/h4-9,11-12,15-16,24-26,28H,10,13-14,17-22H2,1-3H3. The normalized spacial score (nSPS) is 22.1. The number of likely N-dealkylation sites (tertiary alicyclic amines) is 1. The van der Waals surface area contributed by atoms with Crippen LogP contribution >= 0.6 is 0 Å². The Balaban J connectivity index is 1.49. The van der Waals surface area contributed by atoms with Crippen LogP contribution in [0.3, 0.4) is 0 Å². The van der Waals surface area contributed by atoms with Gasteiger partial charge in [0, 0.05) is 32.7 Å². The highest BCUT2D eigenvalue weighted by atomic mass is 32.2. The van der Waals surface area contributed by atoms with E-state index in [-0.39, 0.29) is 24.0 Å². The van der Waals surface area contributed by atoms with E-state index < -0.39 is 10.0 Å². The molecule has 0 N–H and O–H groups in total. The Labute approximate surface area is 222 Å². The number of nitrogens with zero attached hydrogens (tertiary/aromatic N) is 3. The first kappa shape index (κ1) is 27.8. The first-order valence-corrected chi connectivity index (χ1v) is 14.9. The molecule has 1 aliphatic heterocycles. The van der Waals surface area contributed by atoms with E-state index in [1.165, 1.54) is 30.7 Å². The average Bonchev–Trinajstić information content (AvgIpc) is 2.90. The lowest BCUT2D eigenvalue weighted by Crippen LogP contribution is -2.57. The zero-order valence-electron chi connectivity index (χ0n) is 22.3. The van der Waals surface area contributed by atoms with Crippen molar-refractivity contribution in [3.05, 3.63) is 66.2 Å². The molecule has 0 spiro atoms. The van der Waals surface area contributed by atoms with Crippen LogP contribution in [0.4, 0.5) is 0 Å². The van der Waals surface area contributed by atoms with Crippen LogP contribution in [-0.2, 0) is 19.6 Å². The molecular weight excluding hydrogens is 486 g/mol. The largest absolute Gasteiger partial charge is 0.469 e. The monoisotopic (exact) mass is 527 g/mol. The van der Waals surface area contributed by atoms with Gasteiger partial charge in [-0.2, -0.15) is 0 Å². The van der Waals surface area contributed by atoms with Gasteiger partial charge in [-0.3, -0.25) is 14.6 Å². The highest BCUT2D eigenvalue weighted by molar-refractivity contribution is 7.89. The van der Waals surface area contributed by atoms with Crippen molar-refractivity contribution >= 4 is 16.0 Å². The Morgan fingerprint density at radius 1 is 1.03 bits per heavy atom. The number of ether oxygens (including phenoxy) is 1. The summed E-state index contributed by atoms with van der Waals surface area (Å²) in [7, 11) is 1.76. The van der Waals surface area contributed by atoms with Crippen LogP contribution in [0.5, 0.6) is 0 Å². The number of piperidine rings is 1. The molecule has 3 unspecified atom stereocenters. The van der Waals surface area contributed by atoms with Crippen LogP contribution < -0.4 is 0 Å². The lowest BCUT2D eigenvalue weighted by atomic mass is 9.87. The molecule has 2 aromatic carbocycles. The van der Waals surface area contributed by atoms with Crippen LogP contribution in [-0.4, -0.2) is 81.5 Å². The van der Waals surface area contributed by atoms with Crippen LogP contribution in [0.15, 0.2) is 65.6 Å². The predicted octanol–water partition coefficient (Wildman–Crippen LogP) is 4.18. The van der Waals surface area contributed by atoms with Crippen molar-refractivity contribution in [2.45, 2.75) is 61.5 Å². The fourth-order valence-corrected chi connectivity index (χ4v) is 6.92. The molecule has 0 radical (unpaired) electrons. The third-order valence-electron chi connectivity index (χ3n) is 8.30. The molecule has 2 aromatic rings. The first-order chi connectivity index (χ1) is 17.8. The van der Waals surface area contributed by atoms with Crippen LogP contribution in [0.1, 0.15) is 50.0 Å². The molecule has 2 aliphatic rings. The van der Waals surface area contributed by atoms with E-state index in [1.54, 1.807) is 31.3 Å². The minimum atomic E-state index is -3.58. The third-order valence-corrected chi connectivity index (χ3v) is 10.1. The molecule has 1 heterocycles. The summed E-state index contributed by atoms with van der Waals surface area (Å²) in [6.45, 7) is 2.08. The number of carbonyl (C=O) groups excluding carboxylic acids is 1. The summed E-state index contributed by atoms with van der Waals surface area (Å²) >= 11 is 0. The summed E-state index contributed by atoms with van der Waals surface area (Å²) in [4.78, 5) is 17.6. The molecule has 0 aromatic heterocycles. The number of esters is 1. The van der Waals surface area contributed by atoms with Crippen molar-refractivity contribution in [3.8, 4) is 0 Å². The topological polar surface area (TPSA) is 70.2 Å². The fourth-order valence-electron chi connectivity index (χ4n) is 5.69. The van der Waals surface area contributed by atoms with Crippen molar-refractivity contribution in [1.82, 2.24) is 14.1 Å². The summed E-state index contributed by atoms with van der Waals surface area (Å²) in [6, 6.07) is 19.4. The van der Waals surface area contributed by atoms with Gasteiger partial charge in [-0.05, 0) is 62.8 Å². The number of benzene rings is 2. The molecule has 7 nitrogen and oxygen atoms in total. The molecule has 0 amide bonds. The number of hydrogen-bond acceptors (Lipinski definition) is 6. The van der Waals surface area contributed by atoms with E-state index in [1.807, 2.05) is 24.3 Å². The van der Waals surface area contributed by atoms with Gasteiger partial charge in [-0.1, -0.05) is 55.0 Å². The van der Waals surface area contributed by atoms with Gasteiger partial charge in [0.1, 0.15) is 0 Å². The summed E-state index contributed by atoms with van der Waals surface area (Å²) in [6.07, 6.45) is 6.26. The Morgan fingerprint density at radius 2 is 1.68 bits per heavy atom. The van der Waals surface area contributed by atoms with Crippen molar-refractivity contribution in [3.63, 3.8) is 0 Å².